The molecule has 0 aliphatic carbocycles. The van der Waals surface area contributed by atoms with E-state index in [0.717, 1.165) is 37.8 Å². The molecule has 5 nitrogen and oxygen atoms in total. The maximum absolute atomic E-state index is 11.6. The Hall–Kier alpha value is -1.75. The molecule has 0 spiro atoms. The number of likely N-dealkylation sites (tertiary alicyclic amines) is 1. The lowest BCUT2D eigenvalue weighted by atomic mass is 9.97. The normalized spacial score (nSPS) is 19.5. The van der Waals surface area contributed by atoms with Gasteiger partial charge < -0.3 is 14.6 Å². The summed E-state index contributed by atoms with van der Waals surface area (Å²) in [6.45, 7) is 2.96. The molecule has 2 rings (SSSR count). The number of carboxylic acids is 1. The first-order chi connectivity index (χ1) is 11.1. The van der Waals surface area contributed by atoms with E-state index in [4.69, 9.17) is 9.47 Å². The topological polar surface area (TPSA) is 59.0 Å². The molecule has 2 atom stereocenters. The Bertz CT molecular complexity index is 532. The van der Waals surface area contributed by atoms with Crippen molar-refractivity contribution in [2.75, 3.05) is 20.8 Å². The molecule has 0 aromatic heterocycles. The zero-order valence-electron chi connectivity index (χ0n) is 14.2. The van der Waals surface area contributed by atoms with Crippen molar-refractivity contribution >= 4 is 5.97 Å². The predicted octanol–water partition coefficient (Wildman–Crippen LogP) is 3.48. The van der Waals surface area contributed by atoms with Crippen LogP contribution in [0.15, 0.2) is 18.2 Å². The standard InChI is InChI=1S/C18H27NO4/c1-4-5-9-14(19-12-7-10-15(19)18(20)21)13-8-6-11-16(22-2)17(13)23-3/h6,8,11,14-15H,4-5,7,9-10,12H2,1-3H3,(H,20,21). The van der Waals surface area contributed by atoms with E-state index in [-0.39, 0.29) is 6.04 Å². The zero-order chi connectivity index (χ0) is 16.8. The van der Waals surface area contributed by atoms with Gasteiger partial charge in [0.15, 0.2) is 11.5 Å². The molecule has 5 heteroatoms. The van der Waals surface area contributed by atoms with Crippen molar-refractivity contribution in [1.82, 2.24) is 4.90 Å². The molecule has 128 valence electrons. The second kappa shape index (κ2) is 8.20. The van der Waals surface area contributed by atoms with Crippen molar-refractivity contribution in [3.63, 3.8) is 0 Å². The molecule has 1 saturated heterocycles. The lowest BCUT2D eigenvalue weighted by Gasteiger charge is -2.32. The number of para-hydroxylation sites is 1. The molecule has 23 heavy (non-hydrogen) atoms. The van der Waals surface area contributed by atoms with E-state index in [1.165, 1.54) is 0 Å². The fraction of sp³-hybridized carbons (Fsp3) is 0.611. The molecular formula is C18H27NO4. The number of unbranched alkanes of at least 4 members (excludes halogenated alkanes) is 1. The summed E-state index contributed by atoms with van der Waals surface area (Å²) < 4.78 is 11.0. The van der Waals surface area contributed by atoms with Gasteiger partial charge in [-0.15, -0.1) is 0 Å². The highest BCUT2D eigenvalue weighted by molar-refractivity contribution is 5.74. The van der Waals surface area contributed by atoms with Crippen molar-refractivity contribution in [2.45, 2.75) is 51.1 Å². The summed E-state index contributed by atoms with van der Waals surface area (Å²) in [5.74, 6) is 0.676. The number of rotatable bonds is 8. The molecule has 0 saturated carbocycles. The predicted molar refractivity (Wildman–Crippen MR) is 89.2 cm³/mol. The van der Waals surface area contributed by atoms with Crippen LogP contribution in [0.2, 0.25) is 0 Å². The number of hydrogen-bond acceptors (Lipinski definition) is 4. The summed E-state index contributed by atoms with van der Waals surface area (Å²) in [7, 11) is 3.26. The van der Waals surface area contributed by atoms with E-state index in [9.17, 15) is 9.90 Å². The first-order valence-electron chi connectivity index (χ1n) is 8.33. The Kier molecular flexibility index (Phi) is 6.28. The van der Waals surface area contributed by atoms with Crippen LogP contribution in [-0.2, 0) is 4.79 Å². The molecule has 1 aromatic carbocycles. The zero-order valence-corrected chi connectivity index (χ0v) is 14.2. The Labute approximate surface area is 138 Å². The lowest BCUT2D eigenvalue weighted by molar-refractivity contribution is -0.143. The monoisotopic (exact) mass is 321 g/mol. The first-order valence-corrected chi connectivity index (χ1v) is 8.33. The minimum Gasteiger partial charge on any atom is -0.493 e. The fourth-order valence-electron chi connectivity index (χ4n) is 3.50. The van der Waals surface area contributed by atoms with Gasteiger partial charge in [0, 0.05) is 11.6 Å². The molecule has 1 fully saturated rings. The number of hydrogen-bond donors (Lipinski definition) is 1. The van der Waals surface area contributed by atoms with Crippen LogP contribution in [0.25, 0.3) is 0 Å². The van der Waals surface area contributed by atoms with Gasteiger partial charge >= 0.3 is 5.97 Å². The Morgan fingerprint density at radius 2 is 2.17 bits per heavy atom. The highest BCUT2D eigenvalue weighted by atomic mass is 16.5. The molecule has 0 radical (unpaired) electrons. The number of nitrogens with zero attached hydrogens (tertiary/aromatic N) is 1. The van der Waals surface area contributed by atoms with E-state index in [0.29, 0.717) is 17.9 Å². The number of carboxylic acid groups (broad SMARTS) is 1. The van der Waals surface area contributed by atoms with Crippen molar-refractivity contribution in [3.8, 4) is 11.5 Å². The molecule has 1 heterocycles. The minimum absolute atomic E-state index is 0.0450. The van der Waals surface area contributed by atoms with Crippen LogP contribution in [0.4, 0.5) is 0 Å². The van der Waals surface area contributed by atoms with E-state index in [1.54, 1.807) is 14.2 Å². The number of methoxy groups -OCH3 is 2. The summed E-state index contributed by atoms with van der Waals surface area (Å²) in [6.07, 6.45) is 4.68. The van der Waals surface area contributed by atoms with Crippen molar-refractivity contribution < 1.29 is 19.4 Å². The summed E-state index contributed by atoms with van der Waals surface area (Å²) in [4.78, 5) is 13.7. The summed E-state index contributed by atoms with van der Waals surface area (Å²) in [5.41, 5.74) is 1.02. The molecule has 1 aliphatic rings. The Morgan fingerprint density at radius 3 is 2.78 bits per heavy atom. The van der Waals surface area contributed by atoms with Crippen LogP contribution in [0.1, 0.15) is 50.6 Å². The van der Waals surface area contributed by atoms with Crippen LogP contribution in [0, 0.1) is 0 Å². The van der Waals surface area contributed by atoms with Gasteiger partial charge in [-0.05, 0) is 31.9 Å². The van der Waals surface area contributed by atoms with Gasteiger partial charge in [-0.25, -0.2) is 0 Å². The third kappa shape index (κ3) is 3.78. The van der Waals surface area contributed by atoms with Gasteiger partial charge in [0.25, 0.3) is 0 Å². The molecule has 1 aliphatic heterocycles. The number of ether oxygens (including phenoxy) is 2. The SMILES string of the molecule is CCCCC(c1cccc(OC)c1OC)N1CCCC1C(=O)O. The Morgan fingerprint density at radius 1 is 1.39 bits per heavy atom. The number of benzene rings is 1. The third-order valence-corrected chi connectivity index (χ3v) is 4.60. The maximum Gasteiger partial charge on any atom is 0.320 e. The maximum atomic E-state index is 11.6. The molecular weight excluding hydrogens is 294 g/mol. The van der Waals surface area contributed by atoms with Crippen LogP contribution >= 0.6 is 0 Å². The van der Waals surface area contributed by atoms with Gasteiger partial charge in [0.05, 0.1) is 14.2 Å². The van der Waals surface area contributed by atoms with Gasteiger partial charge in [0.2, 0.25) is 0 Å². The van der Waals surface area contributed by atoms with Crippen molar-refractivity contribution in [1.29, 1.82) is 0 Å². The summed E-state index contributed by atoms with van der Waals surface area (Å²) in [5, 5.41) is 9.53. The summed E-state index contributed by atoms with van der Waals surface area (Å²) >= 11 is 0. The van der Waals surface area contributed by atoms with E-state index in [2.05, 4.69) is 11.8 Å². The van der Waals surface area contributed by atoms with Gasteiger partial charge in [-0.1, -0.05) is 31.9 Å². The average Bonchev–Trinajstić information content (AvgIpc) is 3.04. The highest BCUT2D eigenvalue weighted by Gasteiger charge is 2.37. The largest absolute Gasteiger partial charge is 0.493 e. The van der Waals surface area contributed by atoms with E-state index in [1.807, 2.05) is 18.2 Å². The smallest absolute Gasteiger partial charge is 0.320 e. The van der Waals surface area contributed by atoms with E-state index >= 15 is 0 Å². The fourth-order valence-corrected chi connectivity index (χ4v) is 3.50. The third-order valence-electron chi connectivity index (χ3n) is 4.60. The lowest BCUT2D eigenvalue weighted by Crippen LogP contribution is -2.39. The average molecular weight is 321 g/mol. The van der Waals surface area contributed by atoms with Gasteiger partial charge in [-0.2, -0.15) is 0 Å². The molecule has 1 N–H and O–H groups in total. The molecule has 2 unspecified atom stereocenters. The van der Waals surface area contributed by atoms with Crippen LogP contribution < -0.4 is 9.47 Å². The van der Waals surface area contributed by atoms with Crippen LogP contribution in [-0.4, -0.2) is 42.8 Å². The van der Waals surface area contributed by atoms with Gasteiger partial charge in [0.1, 0.15) is 6.04 Å². The summed E-state index contributed by atoms with van der Waals surface area (Å²) in [6, 6.07) is 5.48. The Balaban J connectivity index is 2.40. The first kappa shape index (κ1) is 17.6. The number of carbonyl (C=O) groups is 1. The molecule has 0 amide bonds. The second-order valence-electron chi connectivity index (χ2n) is 5.97. The van der Waals surface area contributed by atoms with Crippen LogP contribution in [0.5, 0.6) is 11.5 Å². The van der Waals surface area contributed by atoms with E-state index < -0.39 is 12.0 Å². The molecule has 0 bridgehead atoms. The van der Waals surface area contributed by atoms with Crippen LogP contribution in [0.3, 0.4) is 0 Å². The molecule has 1 aromatic rings. The second-order valence-corrected chi connectivity index (χ2v) is 5.97. The quantitative estimate of drug-likeness (QED) is 0.794. The number of aliphatic carboxylic acids is 1. The van der Waals surface area contributed by atoms with Crippen molar-refractivity contribution in [3.05, 3.63) is 23.8 Å². The highest BCUT2D eigenvalue weighted by Crippen LogP contribution is 2.41. The van der Waals surface area contributed by atoms with Crippen molar-refractivity contribution in [2.24, 2.45) is 0 Å². The minimum atomic E-state index is -0.731. The van der Waals surface area contributed by atoms with Gasteiger partial charge in [-0.3, -0.25) is 9.69 Å².